The van der Waals surface area contributed by atoms with Crippen LogP contribution >= 0.6 is 15.9 Å². The Bertz CT molecular complexity index is 2180. The molecule has 0 saturated carbocycles. The molecule has 354 valence electrons. The number of hydrogen-bond acceptors (Lipinski definition) is 12. The van der Waals surface area contributed by atoms with Gasteiger partial charge in [-0.2, -0.15) is 0 Å². The average molecular weight is 969 g/mol. The molecule has 0 unspecified atom stereocenters. The molecule has 66 heavy (non-hydrogen) atoms. The fraction of sp³-hybridized carbons (Fsp3) is 0.609. The number of nitrogens with zero attached hydrogens (tertiary/aromatic N) is 4. The van der Waals surface area contributed by atoms with E-state index in [1.54, 1.807) is 0 Å². The Morgan fingerprint density at radius 3 is 1.24 bits per heavy atom. The van der Waals surface area contributed by atoms with Gasteiger partial charge in [-0.05, 0) is 164 Å². The highest BCUT2D eigenvalue weighted by molar-refractivity contribution is 9.10. The van der Waals surface area contributed by atoms with E-state index in [0.29, 0.717) is 0 Å². The largest absolute Gasteiger partial charge is 0.494 e. The van der Waals surface area contributed by atoms with Gasteiger partial charge in [-0.1, -0.05) is 52.3 Å². The zero-order valence-corrected chi connectivity index (χ0v) is 43.2. The second-order valence-corrected chi connectivity index (χ2v) is 22.3. The summed E-state index contributed by atoms with van der Waals surface area (Å²) in [4.78, 5) is 20.1. The Morgan fingerprint density at radius 2 is 0.894 bits per heavy atom. The minimum Gasteiger partial charge on any atom is -0.437 e. The highest BCUT2D eigenvalue weighted by Gasteiger charge is 2.63. The Balaban J connectivity index is 0.000000152. The summed E-state index contributed by atoms with van der Waals surface area (Å²) in [5.74, 6) is 1.87. The maximum atomic E-state index is 9.98. The number of aromatic nitrogens is 4. The highest BCUT2D eigenvalue weighted by Crippen LogP contribution is 2.43. The smallest absolute Gasteiger partial charge is 0.437 e. The topological polar surface area (TPSA) is 160 Å². The van der Waals surface area contributed by atoms with Crippen molar-refractivity contribution in [3.8, 4) is 22.5 Å². The van der Waals surface area contributed by atoms with E-state index in [1.807, 2.05) is 93.6 Å². The summed E-state index contributed by atoms with van der Waals surface area (Å²) in [6, 6.07) is 16.7. The molecule has 5 aliphatic rings. The first-order valence-electron chi connectivity index (χ1n) is 23.6. The molecule has 4 N–H and O–H groups in total. The molecule has 9 rings (SSSR count). The van der Waals surface area contributed by atoms with Gasteiger partial charge < -0.3 is 57.6 Å². The first-order valence-corrected chi connectivity index (χ1v) is 24.4. The molecule has 0 bridgehead atoms. The van der Waals surface area contributed by atoms with Crippen molar-refractivity contribution in [3.63, 3.8) is 0 Å². The summed E-state index contributed by atoms with van der Waals surface area (Å²) in [5, 5.41) is 19.8. The predicted octanol–water partition coefficient (Wildman–Crippen LogP) is 7.96. The monoisotopic (exact) mass is 968 g/mol. The van der Waals surface area contributed by atoms with Gasteiger partial charge in [0.05, 0.1) is 69.5 Å². The van der Waals surface area contributed by atoms with Crippen LogP contribution in [0.15, 0.2) is 65.4 Å². The maximum absolute atomic E-state index is 9.98. The van der Waals surface area contributed by atoms with Gasteiger partial charge in [-0.25, -0.2) is 9.97 Å². The average Bonchev–Trinajstić information content (AvgIpc) is 4.09. The quantitative estimate of drug-likeness (QED) is 0.127. The molecule has 5 saturated heterocycles. The lowest BCUT2D eigenvalue weighted by Gasteiger charge is -2.32. The number of imidazole rings is 2. The molecule has 0 aliphatic carbocycles. The van der Waals surface area contributed by atoms with Crippen molar-refractivity contribution < 1.29 is 38.0 Å². The fourth-order valence-corrected chi connectivity index (χ4v) is 9.06. The second kappa shape index (κ2) is 19.2. The van der Waals surface area contributed by atoms with Crippen molar-refractivity contribution >= 4 is 56.6 Å². The minimum atomic E-state index is -0.476. The van der Waals surface area contributed by atoms with Crippen molar-refractivity contribution in [1.29, 1.82) is 0 Å². The van der Waals surface area contributed by atoms with Crippen LogP contribution in [0.2, 0.25) is 13.6 Å². The van der Waals surface area contributed by atoms with Crippen LogP contribution < -0.4 is 5.46 Å². The van der Waals surface area contributed by atoms with E-state index in [9.17, 15) is 10.0 Å². The molecule has 2 atom stereocenters. The molecule has 0 spiro atoms. The molecule has 2 aromatic carbocycles. The van der Waals surface area contributed by atoms with Gasteiger partial charge in [0.15, 0.2) is 0 Å². The highest BCUT2D eigenvalue weighted by atomic mass is 79.9. The van der Waals surface area contributed by atoms with Crippen molar-refractivity contribution in [2.45, 2.75) is 168 Å². The third-order valence-electron chi connectivity index (χ3n) is 15.0. The summed E-state index contributed by atoms with van der Waals surface area (Å²) in [5.41, 5.74) is 3.08. The van der Waals surface area contributed by atoms with Crippen molar-refractivity contribution in [2.24, 2.45) is 0 Å². The molecule has 5 fully saturated rings. The Morgan fingerprint density at radius 1 is 0.561 bits per heavy atom. The summed E-state index contributed by atoms with van der Waals surface area (Å²) in [6.45, 7) is 29.9. The van der Waals surface area contributed by atoms with E-state index in [0.717, 1.165) is 82.9 Å². The van der Waals surface area contributed by atoms with Crippen LogP contribution in [0.1, 0.15) is 133 Å². The second-order valence-electron chi connectivity index (χ2n) is 21.4. The van der Waals surface area contributed by atoms with Gasteiger partial charge in [0, 0.05) is 4.47 Å². The fourth-order valence-electron chi connectivity index (χ4n) is 8.79. The maximum Gasteiger partial charge on any atom is 0.494 e. The number of aromatic amines is 2. The van der Waals surface area contributed by atoms with Crippen LogP contribution in [0, 0.1) is 0 Å². The number of nitrogens with one attached hydrogen (secondary N) is 2. The van der Waals surface area contributed by atoms with Crippen LogP contribution in [0.4, 0.5) is 0 Å². The van der Waals surface area contributed by atoms with Crippen LogP contribution in [0.3, 0.4) is 0 Å². The van der Waals surface area contributed by atoms with E-state index >= 15 is 0 Å². The SMILES string of the molecule is CB(O)N1CCC[C@H]1c1ncc(-c2ccc(B3OC(C)(C)C(C)(C)O3)cc2)[nH]1.CB(O)N1CCC[C@H]1c1ncc(-c2ccc(Br)cc2)[nH]1.CC1(C)OB(B2OC(C)(C)C(C)(C)O2)OC1(C)C. The summed E-state index contributed by atoms with van der Waals surface area (Å²) in [7, 11) is -2.19. The molecule has 7 heterocycles. The summed E-state index contributed by atoms with van der Waals surface area (Å²) < 4.78 is 37.2. The van der Waals surface area contributed by atoms with E-state index in [4.69, 9.17) is 27.9 Å². The normalized spacial score (nSPS) is 24.8. The van der Waals surface area contributed by atoms with Crippen molar-refractivity contribution in [2.75, 3.05) is 13.1 Å². The third kappa shape index (κ3) is 10.7. The molecular formula is C46H70B5BrN6O8. The zero-order chi connectivity index (χ0) is 48.2. The molecule has 0 amide bonds. The molecule has 20 heteroatoms. The van der Waals surface area contributed by atoms with Gasteiger partial charge in [0.1, 0.15) is 11.6 Å². The van der Waals surface area contributed by atoms with Crippen molar-refractivity contribution in [1.82, 2.24) is 29.6 Å². The lowest BCUT2D eigenvalue weighted by molar-refractivity contribution is 0.00578. The summed E-state index contributed by atoms with van der Waals surface area (Å²) >= 11 is 3.44. The third-order valence-corrected chi connectivity index (χ3v) is 15.6. The number of H-pyrrole nitrogens is 2. The van der Waals surface area contributed by atoms with Gasteiger partial charge >= 0.3 is 35.2 Å². The molecule has 4 aromatic rings. The Kier molecular flexibility index (Phi) is 14.9. The Labute approximate surface area is 403 Å². The standard InChI is InChI=1S/C20H29B2N3O3.C14H17BBrN3O.C12H24B2O4/c1-19(2)20(3,4)28-22(27-19)15-10-8-14(9-11-15)16-13-23-18(24-16)17-7-6-12-25(17)21(5)26;1-15(20)19-8-2-3-13(19)14-17-9-12(18-14)10-4-6-11(16)7-5-10;1-9(2)10(3,4)16-13(15-9)14-17-11(5,6)12(7,8)18-14/h8-11,13,17,26H,6-7,12H2,1-5H3,(H,23,24);4-7,9,13,20H,2-3,8H2,1H3,(H,17,18);1-8H3/t17-;13-;/m00./s1. The minimum absolute atomic E-state index is 0.151. The van der Waals surface area contributed by atoms with E-state index in [1.165, 1.54) is 0 Å². The lowest BCUT2D eigenvalue weighted by Crippen LogP contribution is -2.41. The van der Waals surface area contributed by atoms with Crippen LogP contribution in [0.25, 0.3) is 22.5 Å². The van der Waals surface area contributed by atoms with E-state index in [-0.39, 0.29) is 52.8 Å². The van der Waals surface area contributed by atoms with Gasteiger partial charge in [0.25, 0.3) is 0 Å². The van der Waals surface area contributed by atoms with Crippen LogP contribution in [0.5, 0.6) is 0 Å². The Hall–Kier alpha value is -2.74. The zero-order valence-electron chi connectivity index (χ0n) is 41.6. The first-order chi connectivity index (χ1) is 30.7. The number of rotatable bonds is 8. The first kappa shape index (κ1) is 51.1. The van der Waals surface area contributed by atoms with E-state index in [2.05, 4.69) is 110 Å². The number of halogens is 1. The number of benzene rings is 2. The molecule has 0 radical (unpaired) electrons. The molecule has 2 aromatic heterocycles. The summed E-state index contributed by atoms with van der Waals surface area (Å²) in [6.07, 6.45) is 7.98. The lowest BCUT2D eigenvalue weighted by atomic mass is 9.49. The van der Waals surface area contributed by atoms with E-state index < -0.39 is 28.1 Å². The van der Waals surface area contributed by atoms with Gasteiger partial charge in [-0.3, -0.25) is 0 Å². The van der Waals surface area contributed by atoms with Gasteiger partial charge in [0.2, 0.25) is 0 Å². The van der Waals surface area contributed by atoms with Gasteiger partial charge in [-0.15, -0.1) is 0 Å². The van der Waals surface area contributed by atoms with Crippen LogP contribution in [-0.2, 0) is 27.9 Å². The molecular weight excluding hydrogens is 899 g/mol. The van der Waals surface area contributed by atoms with Crippen LogP contribution in [-0.4, -0.2) is 122 Å². The molecule has 14 nitrogen and oxygen atoms in total. The number of hydrogen-bond donors (Lipinski definition) is 4. The van der Waals surface area contributed by atoms with Crippen molar-refractivity contribution in [3.05, 3.63) is 77.0 Å². The predicted molar refractivity (Wildman–Crippen MR) is 269 cm³/mol. The molecule has 5 aliphatic heterocycles.